The second-order valence-electron chi connectivity index (χ2n) is 11.5. The lowest BCUT2D eigenvalue weighted by atomic mass is 9.83. The number of amides is 3. The lowest BCUT2D eigenvalue weighted by molar-refractivity contribution is -0.143. The molecule has 0 spiro atoms. The van der Waals surface area contributed by atoms with Crippen LogP contribution in [0, 0.1) is 18.8 Å². The van der Waals surface area contributed by atoms with Gasteiger partial charge in [0.05, 0.1) is 22.2 Å². The minimum atomic E-state index is -0.768. The molecule has 2 aromatic rings. The van der Waals surface area contributed by atoms with Gasteiger partial charge in [0.15, 0.2) is 0 Å². The lowest BCUT2D eigenvalue weighted by Crippen LogP contribution is -2.56. The summed E-state index contributed by atoms with van der Waals surface area (Å²) in [5, 5.41) is 16.4. The Kier molecular flexibility index (Phi) is 10.1. The maximum atomic E-state index is 13.8. The molecule has 0 bridgehead atoms. The van der Waals surface area contributed by atoms with Gasteiger partial charge in [-0.3, -0.25) is 14.4 Å². The number of β-amino-alcohol motifs (C(OH)–C–C–N with tert-alkyl or cyclic N) is 1. The number of rotatable bonds is 10. The predicted octanol–water partition coefficient (Wildman–Crippen LogP) is 4.20. The van der Waals surface area contributed by atoms with Crippen molar-refractivity contribution in [1.82, 2.24) is 20.5 Å². The van der Waals surface area contributed by atoms with E-state index >= 15 is 0 Å². The van der Waals surface area contributed by atoms with Crippen molar-refractivity contribution in [2.45, 2.75) is 96.9 Å². The third-order valence-electron chi connectivity index (χ3n) is 7.95. The Bertz CT molecular complexity index is 1130. The molecule has 2 heterocycles. The number of nitrogens with zero attached hydrogens (tertiary/aromatic N) is 2. The van der Waals surface area contributed by atoms with E-state index in [9.17, 15) is 19.5 Å². The molecule has 2 fully saturated rings. The molecule has 212 valence electrons. The molecule has 1 saturated heterocycles. The molecule has 0 radical (unpaired) electrons. The average molecular weight is 555 g/mol. The normalized spacial score (nSPS) is 20.7. The van der Waals surface area contributed by atoms with Crippen LogP contribution in [0.25, 0.3) is 10.4 Å². The summed E-state index contributed by atoms with van der Waals surface area (Å²) in [5.41, 5.74) is 4.86. The average Bonchev–Trinajstić information content (AvgIpc) is 3.55. The second-order valence-corrected chi connectivity index (χ2v) is 12.3. The molecule has 1 saturated carbocycles. The van der Waals surface area contributed by atoms with Crippen LogP contribution in [0.15, 0.2) is 29.8 Å². The Labute approximate surface area is 235 Å². The first-order valence-corrected chi connectivity index (χ1v) is 15.2. The van der Waals surface area contributed by atoms with Crippen molar-refractivity contribution in [3.05, 3.63) is 41.0 Å². The van der Waals surface area contributed by atoms with E-state index in [4.69, 9.17) is 0 Å². The number of thiazole rings is 1. The Morgan fingerprint density at radius 3 is 2.49 bits per heavy atom. The summed E-state index contributed by atoms with van der Waals surface area (Å²) in [6, 6.07) is 6.58. The van der Waals surface area contributed by atoms with Gasteiger partial charge in [0.25, 0.3) is 0 Å². The summed E-state index contributed by atoms with van der Waals surface area (Å²) in [5.74, 6) is -0.201. The van der Waals surface area contributed by atoms with Gasteiger partial charge in [0, 0.05) is 25.9 Å². The fraction of sp³-hybridized carbons (Fsp3) is 0.600. The Morgan fingerprint density at radius 1 is 1.13 bits per heavy atom. The molecule has 4 rings (SSSR count). The summed E-state index contributed by atoms with van der Waals surface area (Å²) >= 11 is 1.60. The minimum absolute atomic E-state index is 0.0522. The monoisotopic (exact) mass is 554 g/mol. The van der Waals surface area contributed by atoms with Crippen LogP contribution < -0.4 is 10.6 Å². The third kappa shape index (κ3) is 7.66. The first kappa shape index (κ1) is 29.2. The highest BCUT2D eigenvalue weighted by Crippen LogP contribution is 2.30. The highest BCUT2D eigenvalue weighted by Gasteiger charge is 2.43. The number of aryl methyl sites for hydroxylation is 1. The van der Waals surface area contributed by atoms with Crippen molar-refractivity contribution in [3.63, 3.8) is 0 Å². The van der Waals surface area contributed by atoms with Gasteiger partial charge >= 0.3 is 0 Å². The van der Waals surface area contributed by atoms with Crippen LogP contribution in [0.3, 0.4) is 0 Å². The molecular weight excluding hydrogens is 512 g/mol. The van der Waals surface area contributed by atoms with E-state index in [-0.39, 0.29) is 36.6 Å². The molecule has 0 unspecified atom stereocenters. The number of hydrogen-bond donors (Lipinski definition) is 3. The van der Waals surface area contributed by atoms with Crippen LogP contribution in [0.4, 0.5) is 0 Å². The van der Waals surface area contributed by atoms with Gasteiger partial charge in [-0.1, -0.05) is 57.4 Å². The van der Waals surface area contributed by atoms with Crippen LogP contribution in [0.5, 0.6) is 0 Å². The number of carbonyl (C=O) groups excluding carboxylic acids is 3. The molecule has 2 aliphatic rings. The number of likely N-dealkylation sites (tertiary alicyclic amines) is 1. The molecule has 1 aromatic carbocycles. The summed E-state index contributed by atoms with van der Waals surface area (Å²) in [6.07, 6.45) is 5.52. The molecule has 3 atom stereocenters. The van der Waals surface area contributed by atoms with Gasteiger partial charge in [-0.15, -0.1) is 11.3 Å². The first-order chi connectivity index (χ1) is 18.7. The number of aliphatic hydroxyl groups excluding tert-OH is 1. The zero-order chi connectivity index (χ0) is 27.9. The zero-order valence-corrected chi connectivity index (χ0v) is 24.1. The number of carbonyl (C=O) groups is 3. The third-order valence-corrected chi connectivity index (χ3v) is 8.92. The molecule has 3 N–H and O–H groups in total. The highest BCUT2D eigenvalue weighted by molar-refractivity contribution is 7.13. The standard InChI is InChI=1S/C30H42N4O4S/c1-19(2)9-14-26(36)33-27(22-7-5-4-6-8-22)30(38)34-17-24(35)15-25(34)29(37)31-16-21-10-12-23(13-11-21)28-20(3)32-18-39-28/h10-13,18-19,22,24-25,27,35H,4-9,14-17H2,1-3H3,(H,31,37)(H,33,36)/t24-,25+,27+/m1/s1. The number of aliphatic hydroxyl groups is 1. The summed E-state index contributed by atoms with van der Waals surface area (Å²) < 4.78 is 0. The molecule has 1 aromatic heterocycles. The van der Waals surface area contributed by atoms with Crippen molar-refractivity contribution < 1.29 is 19.5 Å². The van der Waals surface area contributed by atoms with Gasteiger partial charge in [-0.05, 0) is 49.1 Å². The van der Waals surface area contributed by atoms with E-state index in [2.05, 4.69) is 29.5 Å². The van der Waals surface area contributed by atoms with Gasteiger partial charge in [0.1, 0.15) is 12.1 Å². The predicted molar refractivity (Wildman–Crippen MR) is 153 cm³/mol. The molecule has 9 heteroatoms. The van der Waals surface area contributed by atoms with Gasteiger partial charge in [-0.25, -0.2) is 4.98 Å². The van der Waals surface area contributed by atoms with Crippen molar-refractivity contribution in [1.29, 1.82) is 0 Å². The maximum Gasteiger partial charge on any atom is 0.246 e. The van der Waals surface area contributed by atoms with Gasteiger partial charge in [0.2, 0.25) is 17.7 Å². The summed E-state index contributed by atoms with van der Waals surface area (Å²) in [7, 11) is 0. The first-order valence-electron chi connectivity index (χ1n) is 14.3. The summed E-state index contributed by atoms with van der Waals surface area (Å²) in [6.45, 7) is 6.56. The molecule has 8 nitrogen and oxygen atoms in total. The van der Waals surface area contributed by atoms with Crippen LogP contribution in [-0.2, 0) is 20.9 Å². The highest BCUT2D eigenvalue weighted by atomic mass is 32.1. The van der Waals surface area contributed by atoms with Crippen LogP contribution >= 0.6 is 11.3 Å². The van der Waals surface area contributed by atoms with Crippen molar-refractivity contribution in [3.8, 4) is 10.4 Å². The van der Waals surface area contributed by atoms with E-state index in [0.717, 1.165) is 60.2 Å². The Morgan fingerprint density at radius 2 is 1.85 bits per heavy atom. The quantitative estimate of drug-likeness (QED) is 0.408. The molecule has 39 heavy (non-hydrogen) atoms. The second kappa shape index (κ2) is 13.5. The minimum Gasteiger partial charge on any atom is -0.391 e. The number of benzene rings is 1. The molecule has 1 aliphatic heterocycles. The van der Waals surface area contributed by atoms with Crippen LogP contribution in [0.2, 0.25) is 0 Å². The lowest BCUT2D eigenvalue weighted by Gasteiger charge is -2.34. The largest absolute Gasteiger partial charge is 0.391 e. The van der Waals surface area contributed by atoms with E-state index < -0.39 is 18.2 Å². The zero-order valence-electron chi connectivity index (χ0n) is 23.3. The smallest absolute Gasteiger partial charge is 0.246 e. The number of aromatic nitrogens is 1. The molecular formula is C30H42N4O4S. The molecule has 1 aliphatic carbocycles. The fourth-order valence-corrected chi connectivity index (χ4v) is 6.47. The van der Waals surface area contributed by atoms with E-state index in [1.54, 1.807) is 11.3 Å². The SMILES string of the molecule is Cc1ncsc1-c1ccc(CNC(=O)[C@@H]2C[C@@H](O)CN2C(=O)[C@@H](NC(=O)CCC(C)C)C2CCCCC2)cc1. The number of nitrogens with one attached hydrogen (secondary N) is 2. The maximum absolute atomic E-state index is 13.8. The number of hydrogen-bond acceptors (Lipinski definition) is 6. The Balaban J connectivity index is 1.41. The van der Waals surface area contributed by atoms with Gasteiger partial charge < -0.3 is 20.6 Å². The van der Waals surface area contributed by atoms with E-state index in [1.807, 2.05) is 36.7 Å². The van der Waals surface area contributed by atoms with Crippen molar-refractivity contribution in [2.75, 3.05) is 6.54 Å². The van der Waals surface area contributed by atoms with Crippen molar-refractivity contribution in [2.24, 2.45) is 11.8 Å². The van der Waals surface area contributed by atoms with Crippen LogP contribution in [-0.4, -0.2) is 57.4 Å². The Hall–Kier alpha value is -2.78. The summed E-state index contributed by atoms with van der Waals surface area (Å²) in [4.78, 5) is 46.8. The topological polar surface area (TPSA) is 112 Å². The van der Waals surface area contributed by atoms with Crippen molar-refractivity contribution >= 4 is 29.1 Å². The van der Waals surface area contributed by atoms with E-state index in [1.165, 1.54) is 4.90 Å². The van der Waals surface area contributed by atoms with Gasteiger partial charge in [-0.2, -0.15) is 0 Å². The van der Waals surface area contributed by atoms with Crippen LogP contribution in [0.1, 0.15) is 76.5 Å². The van der Waals surface area contributed by atoms with E-state index in [0.29, 0.717) is 18.9 Å². The molecule has 3 amide bonds. The fourth-order valence-electron chi connectivity index (χ4n) is 5.66.